The molecule has 0 aliphatic carbocycles. The van der Waals surface area contributed by atoms with E-state index in [9.17, 15) is 4.57 Å². The van der Waals surface area contributed by atoms with Crippen LogP contribution in [0.15, 0.2) is 30.3 Å². The van der Waals surface area contributed by atoms with Crippen LogP contribution in [0.25, 0.3) is 0 Å². The third-order valence-electron chi connectivity index (χ3n) is 3.70. The van der Waals surface area contributed by atoms with Crippen LogP contribution in [0.2, 0.25) is 0 Å². The van der Waals surface area contributed by atoms with Crippen LogP contribution in [0.3, 0.4) is 0 Å². The molecule has 0 fully saturated rings. The van der Waals surface area contributed by atoms with Gasteiger partial charge in [-0.05, 0) is 26.2 Å². The predicted octanol–water partition coefficient (Wildman–Crippen LogP) is 6.74. The molecule has 122 valence electrons. The summed E-state index contributed by atoms with van der Waals surface area (Å²) in [6.45, 7) is 8.64. The van der Waals surface area contributed by atoms with E-state index in [0.717, 1.165) is 37.7 Å². The average molecular weight is 310 g/mol. The van der Waals surface area contributed by atoms with Crippen molar-refractivity contribution in [1.29, 1.82) is 0 Å². The van der Waals surface area contributed by atoms with Gasteiger partial charge in [-0.1, -0.05) is 75.9 Å². The van der Waals surface area contributed by atoms with Crippen LogP contribution < -0.4 is 0 Å². The van der Waals surface area contributed by atoms with Crippen LogP contribution >= 0.6 is 7.14 Å². The van der Waals surface area contributed by atoms with Gasteiger partial charge >= 0.3 is 0 Å². The predicted molar refractivity (Wildman–Crippen MR) is 98.1 cm³/mol. The highest BCUT2D eigenvalue weighted by Crippen LogP contribution is 2.48. The summed E-state index contributed by atoms with van der Waals surface area (Å²) in [7, 11) is -1.77. The van der Waals surface area contributed by atoms with Gasteiger partial charge in [0.15, 0.2) is 0 Å². The lowest BCUT2D eigenvalue weighted by atomic mass is 10.2. The number of aryl methyl sites for hydroxylation is 1. The zero-order valence-corrected chi connectivity index (χ0v) is 15.5. The summed E-state index contributed by atoms with van der Waals surface area (Å²) in [6, 6.07) is 10.3. The molecule has 0 aromatic heterocycles. The summed E-state index contributed by atoms with van der Waals surface area (Å²) in [4.78, 5) is 0. The van der Waals surface area contributed by atoms with E-state index in [4.69, 9.17) is 0 Å². The Bertz CT molecular complexity index is 344. The Morgan fingerprint density at radius 2 is 1.14 bits per heavy atom. The second kappa shape index (κ2) is 13.1. The molecule has 0 heterocycles. The third-order valence-corrected chi connectivity index (χ3v) is 7.09. The van der Waals surface area contributed by atoms with Crippen LogP contribution in [-0.2, 0) is 4.57 Å². The number of hydrogen-bond donors (Lipinski definition) is 0. The van der Waals surface area contributed by atoms with Gasteiger partial charge in [-0.3, -0.25) is 0 Å². The maximum absolute atomic E-state index is 12.5. The van der Waals surface area contributed by atoms with Crippen LogP contribution in [0.4, 0.5) is 0 Å². The molecule has 1 nitrogen and oxygen atoms in total. The number of hydrogen-bond acceptors (Lipinski definition) is 1. The molecule has 0 aliphatic rings. The quantitative estimate of drug-likeness (QED) is 0.461. The molecule has 21 heavy (non-hydrogen) atoms. The maximum Gasteiger partial charge on any atom is 0.0877 e. The van der Waals surface area contributed by atoms with Gasteiger partial charge in [0.2, 0.25) is 0 Å². The molecule has 0 unspecified atom stereocenters. The van der Waals surface area contributed by atoms with Crippen molar-refractivity contribution in [1.82, 2.24) is 0 Å². The maximum atomic E-state index is 12.5. The molecule has 0 aliphatic heterocycles. The lowest BCUT2D eigenvalue weighted by Crippen LogP contribution is -2.00. The first kappa shape index (κ1) is 20.5. The fourth-order valence-electron chi connectivity index (χ4n) is 2.21. The highest BCUT2D eigenvalue weighted by Gasteiger charge is 2.19. The topological polar surface area (TPSA) is 17.1 Å². The van der Waals surface area contributed by atoms with Crippen LogP contribution in [-0.4, -0.2) is 18.5 Å². The van der Waals surface area contributed by atoms with Crippen molar-refractivity contribution >= 4 is 7.14 Å². The van der Waals surface area contributed by atoms with E-state index in [2.05, 4.69) is 39.8 Å². The monoisotopic (exact) mass is 310 g/mol. The number of benzene rings is 1. The van der Waals surface area contributed by atoms with Crippen LogP contribution in [0, 0.1) is 6.92 Å². The first-order valence-corrected chi connectivity index (χ1v) is 10.9. The second-order valence-electron chi connectivity index (χ2n) is 5.94. The van der Waals surface area contributed by atoms with E-state index in [0.29, 0.717) is 0 Å². The Labute approximate surface area is 132 Å². The Hall–Kier alpha value is -0.550. The summed E-state index contributed by atoms with van der Waals surface area (Å²) in [5.74, 6) is 0. The summed E-state index contributed by atoms with van der Waals surface area (Å²) in [5.41, 5.74) is 1.32. The molecular weight excluding hydrogens is 275 g/mol. The Morgan fingerprint density at radius 3 is 1.38 bits per heavy atom. The lowest BCUT2D eigenvalue weighted by molar-refractivity contribution is 0.567. The Balaban J connectivity index is 0.000000471. The standard InChI is InChI=1S/C12H27OP.C7H8/c1-4-7-10-14(13,11-8-5-2)12-9-6-3;1-7-5-3-2-4-6-7/h4-12H2,1-3H3;2-6H,1H3. The first-order chi connectivity index (χ1) is 10.1. The molecule has 0 amide bonds. The number of rotatable bonds is 9. The minimum atomic E-state index is -1.77. The van der Waals surface area contributed by atoms with Crippen molar-refractivity contribution in [3.8, 4) is 0 Å². The average Bonchev–Trinajstić information content (AvgIpc) is 2.51. The van der Waals surface area contributed by atoms with Gasteiger partial charge in [-0.15, -0.1) is 0 Å². The van der Waals surface area contributed by atoms with Gasteiger partial charge in [0.05, 0.1) is 7.14 Å². The minimum Gasteiger partial charge on any atom is -0.324 e. The summed E-state index contributed by atoms with van der Waals surface area (Å²) in [5, 5.41) is 0. The third kappa shape index (κ3) is 11.8. The Kier molecular flexibility index (Phi) is 12.8. The molecule has 0 saturated heterocycles. The van der Waals surface area contributed by atoms with E-state index in [1.165, 1.54) is 24.8 Å². The van der Waals surface area contributed by atoms with Gasteiger partial charge in [-0.2, -0.15) is 0 Å². The van der Waals surface area contributed by atoms with Gasteiger partial charge in [0, 0.05) is 18.5 Å². The van der Waals surface area contributed by atoms with Gasteiger partial charge in [0.1, 0.15) is 0 Å². The summed E-state index contributed by atoms with van der Waals surface area (Å²) in [6.07, 6.45) is 10.0. The molecule has 0 saturated carbocycles. The van der Waals surface area contributed by atoms with Crippen molar-refractivity contribution in [2.45, 2.75) is 66.2 Å². The van der Waals surface area contributed by atoms with Crippen molar-refractivity contribution < 1.29 is 4.57 Å². The van der Waals surface area contributed by atoms with Crippen molar-refractivity contribution in [2.24, 2.45) is 0 Å². The summed E-state index contributed by atoms with van der Waals surface area (Å²) >= 11 is 0. The van der Waals surface area contributed by atoms with Gasteiger partial charge < -0.3 is 4.57 Å². The molecule has 0 atom stereocenters. The smallest absolute Gasteiger partial charge is 0.0877 e. The molecule has 1 aromatic rings. The lowest BCUT2D eigenvalue weighted by Gasteiger charge is -2.17. The molecular formula is C19H35OP. The van der Waals surface area contributed by atoms with E-state index >= 15 is 0 Å². The molecule has 0 N–H and O–H groups in total. The van der Waals surface area contributed by atoms with E-state index in [1.807, 2.05) is 18.2 Å². The van der Waals surface area contributed by atoms with Crippen LogP contribution in [0.1, 0.15) is 64.9 Å². The highest BCUT2D eigenvalue weighted by atomic mass is 31.2. The fraction of sp³-hybridized carbons (Fsp3) is 0.684. The zero-order chi connectivity index (χ0) is 16.0. The number of unbranched alkanes of at least 4 members (excludes halogenated alkanes) is 3. The molecule has 0 bridgehead atoms. The largest absolute Gasteiger partial charge is 0.324 e. The van der Waals surface area contributed by atoms with Crippen molar-refractivity contribution in [2.75, 3.05) is 18.5 Å². The minimum absolute atomic E-state index is 1.00. The van der Waals surface area contributed by atoms with Crippen molar-refractivity contribution in [3.05, 3.63) is 35.9 Å². The van der Waals surface area contributed by atoms with Crippen LogP contribution in [0.5, 0.6) is 0 Å². The van der Waals surface area contributed by atoms with E-state index in [-0.39, 0.29) is 0 Å². The van der Waals surface area contributed by atoms with Gasteiger partial charge in [0.25, 0.3) is 0 Å². The highest BCUT2D eigenvalue weighted by molar-refractivity contribution is 7.63. The molecule has 1 aromatic carbocycles. The fourth-order valence-corrected chi connectivity index (χ4v) is 5.56. The normalized spacial score (nSPS) is 10.9. The van der Waals surface area contributed by atoms with E-state index in [1.54, 1.807) is 0 Å². The Morgan fingerprint density at radius 1 is 0.762 bits per heavy atom. The second-order valence-corrected chi connectivity index (χ2v) is 9.40. The first-order valence-electron chi connectivity index (χ1n) is 8.66. The molecule has 2 heteroatoms. The SMILES string of the molecule is CCCCP(=O)(CCCC)CCCC.Cc1ccccc1. The van der Waals surface area contributed by atoms with E-state index < -0.39 is 7.14 Å². The molecule has 0 radical (unpaired) electrons. The van der Waals surface area contributed by atoms with Gasteiger partial charge in [-0.25, -0.2) is 0 Å². The molecule has 0 spiro atoms. The zero-order valence-electron chi connectivity index (χ0n) is 14.6. The molecule has 1 rings (SSSR count). The van der Waals surface area contributed by atoms with Crippen molar-refractivity contribution in [3.63, 3.8) is 0 Å². The summed E-state index contributed by atoms with van der Waals surface area (Å²) < 4.78 is 12.5.